The third-order valence-corrected chi connectivity index (χ3v) is 2.51. The highest BCUT2D eigenvalue weighted by molar-refractivity contribution is 5.73. The molecular formula is C14H22N2O2. The van der Waals surface area contributed by atoms with Gasteiger partial charge in [0, 0.05) is 12.6 Å². The van der Waals surface area contributed by atoms with Crippen molar-refractivity contribution in [2.24, 2.45) is 0 Å². The van der Waals surface area contributed by atoms with Gasteiger partial charge < -0.3 is 15.4 Å². The molecule has 1 aromatic carbocycles. The van der Waals surface area contributed by atoms with Crippen molar-refractivity contribution in [1.29, 1.82) is 0 Å². The summed E-state index contributed by atoms with van der Waals surface area (Å²) in [7, 11) is 1.66. The monoisotopic (exact) mass is 250 g/mol. The Morgan fingerprint density at radius 3 is 2.50 bits per heavy atom. The molecule has 2 amide bonds. The van der Waals surface area contributed by atoms with E-state index in [1.165, 1.54) is 5.56 Å². The lowest BCUT2D eigenvalue weighted by Crippen LogP contribution is -2.39. The quantitative estimate of drug-likeness (QED) is 0.761. The molecule has 18 heavy (non-hydrogen) atoms. The summed E-state index contributed by atoms with van der Waals surface area (Å²) < 4.78 is 5.10. The second kappa shape index (κ2) is 7.58. The molecule has 4 heteroatoms. The highest BCUT2D eigenvalue weighted by Crippen LogP contribution is 2.12. The smallest absolute Gasteiger partial charge is 0.314 e. The summed E-state index contributed by atoms with van der Waals surface area (Å²) in [6, 6.07) is 8.08. The maximum Gasteiger partial charge on any atom is 0.314 e. The van der Waals surface area contributed by atoms with Crippen molar-refractivity contribution in [2.75, 3.05) is 13.7 Å². The number of urea groups is 1. The first-order chi connectivity index (χ1) is 8.61. The van der Waals surface area contributed by atoms with Gasteiger partial charge in [0.1, 0.15) is 5.75 Å². The lowest BCUT2D eigenvalue weighted by Gasteiger charge is -2.10. The number of carbonyl (C=O) groups excluding carboxylic acids is 1. The molecule has 0 fully saturated rings. The molecule has 100 valence electrons. The summed E-state index contributed by atoms with van der Waals surface area (Å²) in [6.45, 7) is 4.57. The number of hydrogen-bond donors (Lipinski definition) is 2. The first-order valence-electron chi connectivity index (χ1n) is 6.29. The minimum Gasteiger partial charge on any atom is -0.497 e. The molecule has 0 bridgehead atoms. The Balaban J connectivity index is 2.19. The zero-order valence-electron chi connectivity index (χ0n) is 11.3. The van der Waals surface area contributed by atoms with Crippen molar-refractivity contribution >= 4 is 6.03 Å². The van der Waals surface area contributed by atoms with Gasteiger partial charge in [-0.05, 0) is 44.4 Å². The first kappa shape index (κ1) is 14.4. The van der Waals surface area contributed by atoms with Crippen LogP contribution in [0.3, 0.4) is 0 Å². The lowest BCUT2D eigenvalue weighted by molar-refractivity contribution is 0.238. The fourth-order valence-corrected chi connectivity index (χ4v) is 1.60. The summed E-state index contributed by atoms with van der Waals surface area (Å²) in [5, 5.41) is 5.62. The molecule has 0 heterocycles. The summed E-state index contributed by atoms with van der Waals surface area (Å²) >= 11 is 0. The molecule has 0 unspecified atom stereocenters. The third kappa shape index (κ3) is 5.57. The Morgan fingerprint density at radius 2 is 1.94 bits per heavy atom. The highest BCUT2D eigenvalue weighted by atomic mass is 16.5. The van der Waals surface area contributed by atoms with Crippen LogP contribution in [0, 0.1) is 0 Å². The average molecular weight is 250 g/mol. The van der Waals surface area contributed by atoms with Crippen molar-refractivity contribution in [1.82, 2.24) is 10.6 Å². The van der Waals surface area contributed by atoms with Gasteiger partial charge in [0.25, 0.3) is 0 Å². The molecule has 0 aromatic heterocycles. The zero-order valence-corrected chi connectivity index (χ0v) is 11.3. The molecule has 1 rings (SSSR count). The van der Waals surface area contributed by atoms with Crippen molar-refractivity contribution in [3.8, 4) is 5.75 Å². The normalized spacial score (nSPS) is 10.2. The van der Waals surface area contributed by atoms with Gasteiger partial charge in [0.05, 0.1) is 7.11 Å². The van der Waals surface area contributed by atoms with Crippen LogP contribution >= 0.6 is 0 Å². The molecule has 0 saturated heterocycles. The van der Waals surface area contributed by atoms with Gasteiger partial charge in [-0.25, -0.2) is 4.79 Å². The van der Waals surface area contributed by atoms with Crippen molar-refractivity contribution in [2.45, 2.75) is 32.7 Å². The largest absolute Gasteiger partial charge is 0.497 e. The Labute approximate surface area is 109 Å². The van der Waals surface area contributed by atoms with E-state index in [0.29, 0.717) is 6.54 Å². The van der Waals surface area contributed by atoms with Gasteiger partial charge in [0.2, 0.25) is 0 Å². The summed E-state index contributed by atoms with van der Waals surface area (Å²) in [5.74, 6) is 0.869. The topological polar surface area (TPSA) is 50.4 Å². The van der Waals surface area contributed by atoms with E-state index in [1.54, 1.807) is 7.11 Å². The molecule has 0 atom stereocenters. The minimum absolute atomic E-state index is 0.0975. The Bertz CT molecular complexity index is 361. The van der Waals surface area contributed by atoms with Gasteiger partial charge in [0.15, 0.2) is 0 Å². The van der Waals surface area contributed by atoms with E-state index in [1.807, 2.05) is 38.1 Å². The van der Waals surface area contributed by atoms with E-state index in [4.69, 9.17) is 4.74 Å². The van der Waals surface area contributed by atoms with Gasteiger partial charge >= 0.3 is 6.03 Å². The van der Waals surface area contributed by atoms with Gasteiger partial charge in [-0.2, -0.15) is 0 Å². The van der Waals surface area contributed by atoms with Crippen LogP contribution in [0.5, 0.6) is 5.75 Å². The van der Waals surface area contributed by atoms with Crippen LogP contribution in [0.4, 0.5) is 4.79 Å². The van der Waals surface area contributed by atoms with Gasteiger partial charge in [-0.1, -0.05) is 12.1 Å². The van der Waals surface area contributed by atoms with E-state index < -0.39 is 0 Å². The van der Waals surface area contributed by atoms with Gasteiger partial charge in [-0.3, -0.25) is 0 Å². The molecular weight excluding hydrogens is 228 g/mol. The number of ether oxygens (including phenoxy) is 1. The molecule has 0 aliphatic carbocycles. The number of benzene rings is 1. The number of carbonyl (C=O) groups is 1. The van der Waals surface area contributed by atoms with E-state index in [9.17, 15) is 4.79 Å². The van der Waals surface area contributed by atoms with Crippen LogP contribution in [0.1, 0.15) is 25.8 Å². The summed E-state index contributed by atoms with van der Waals surface area (Å²) in [4.78, 5) is 11.3. The molecule has 0 aliphatic rings. The molecule has 0 aliphatic heterocycles. The minimum atomic E-state index is -0.0975. The van der Waals surface area contributed by atoms with Gasteiger partial charge in [-0.15, -0.1) is 0 Å². The fraction of sp³-hybridized carbons (Fsp3) is 0.500. The maximum absolute atomic E-state index is 11.3. The number of hydrogen-bond acceptors (Lipinski definition) is 2. The first-order valence-corrected chi connectivity index (χ1v) is 6.29. The molecule has 1 aromatic rings. The van der Waals surface area contributed by atoms with E-state index >= 15 is 0 Å². The van der Waals surface area contributed by atoms with Crippen LogP contribution < -0.4 is 15.4 Å². The Morgan fingerprint density at radius 1 is 1.28 bits per heavy atom. The predicted octanol–water partition coefficient (Wildman–Crippen LogP) is 2.34. The second-order valence-electron chi connectivity index (χ2n) is 4.51. The number of aryl methyl sites for hydroxylation is 1. The summed E-state index contributed by atoms with van der Waals surface area (Å²) in [6.07, 6.45) is 1.88. The van der Waals surface area contributed by atoms with Crippen LogP contribution in [-0.2, 0) is 6.42 Å². The Hall–Kier alpha value is -1.71. The van der Waals surface area contributed by atoms with Crippen LogP contribution in [0.15, 0.2) is 24.3 Å². The third-order valence-electron chi connectivity index (χ3n) is 2.51. The standard InChI is InChI=1S/C14H22N2O2/c1-11(2)16-14(17)15-10-4-5-12-6-8-13(18-3)9-7-12/h6-9,11H,4-5,10H2,1-3H3,(H2,15,16,17). The fourth-order valence-electron chi connectivity index (χ4n) is 1.60. The molecule has 4 nitrogen and oxygen atoms in total. The van der Waals surface area contributed by atoms with E-state index in [2.05, 4.69) is 10.6 Å². The maximum atomic E-state index is 11.3. The lowest BCUT2D eigenvalue weighted by atomic mass is 10.1. The van der Waals surface area contributed by atoms with Crippen molar-refractivity contribution in [3.63, 3.8) is 0 Å². The van der Waals surface area contributed by atoms with E-state index in [-0.39, 0.29) is 12.1 Å². The van der Waals surface area contributed by atoms with Crippen LogP contribution in [0.2, 0.25) is 0 Å². The SMILES string of the molecule is COc1ccc(CCCNC(=O)NC(C)C)cc1. The average Bonchev–Trinajstić information content (AvgIpc) is 2.34. The molecule has 0 saturated carbocycles. The highest BCUT2D eigenvalue weighted by Gasteiger charge is 2.01. The van der Waals surface area contributed by atoms with Crippen molar-refractivity contribution in [3.05, 3.63) is 29.8 Å². The second-order valence-corrected chi connectivity index (χ2v) is 4.51. The van der Waals surface area contributed by atoms with Crippen LogP contribution in [-0.4, -0.2) is 25.7 Å². The number of nitrogens with one attached hydrogen (secondary N) is 2. The molecule has 0 radical (unpaired) electrons. The molecule has 0 spiro atoms. The Kier molecular flexibility index (Phi) is 6.05. The van der Waals surface area contributed by atoms with E-state index in [0.717, 1.165) is 18.6 Å². The predicted molar refractivity (Wildman–Crippen MR) is 73.0 cm³/mol. The molecule has 2 N–H and O–H groups in total. The number of methoxy groups -OCH3 is 1. The van der Waals surface area contributed by atoms with Crippen molar-refractivity contribution < 1.29 is 9.53 Å². The zero-order chi connectivity index (χ0) is 13.4. The van der Waals surface area contributed by atoms with Crippen LogP contribution in [0.25, 0.3) is 0 Å². The number of amides is 2. The number of rotatable bonds is 6. The summed E-state index contributed by atoms with van der Waals surface area (Å²) in [5.41, 5.74) is 1.25.